The number of hydrogen-bond acceptors (Lipinski definition) is 3. The number of anilines is 1. The van der Waals surface area contributed by atoms with Crippen molar-refractivity contribution in [3.63, 3.8) is 0 Å². The number of halogens is 1. The molecule has 0 spiro atoms. The first kappa shape index (κ1) is 17.3. The fourth-order valence-corrected chi connectivity index (χ4v) is 2.09. The summed E-state index contributed by atoms with van der Waals surface area (Å²) in [6.45, 7) is 0. The number of benzene rings is 2. The Kier molecular flexibility index (Phi) is 5.72. The Morgan fingerprint density at radius 3 is 2.50 bits per heavy atom. The van der Waals surface area contributed by atoms with Crippen LogP contribution in [0.2, 0.25) is 5.02 Å². The van der Waals surface area contributed by atoms with Crippen LogP contribution in [0.4, 0.5) is 5.69 Å². The van der Waals surface area contributed by atoms with Crippen LogP contribution in [0.25, 0.3) is 6.08 Å². The summed E-state index contributed by atoms with van der Waals surface area (Å²) in [5.41, 5.74) is 1.64. The molecular formula is C18H14ClN3O2. The molecule has 0 fully saturated rings. The lowest BCUT2D eigenvalue weighted by molar-refractivity contribution is -0.116. The van der Waals surface area contributed by atoms with Crippen molar-refractivity contribution in [2.45, 2.75) is 0 Å². The zero-order valence-corrected chi connectivity index (χ0v) is 13.6. The van der Waals surface area contributed by atoms with Gasteiger partial charge in [-0.3, -0.25) is 9.59 Å². The molecule has 2 aromatic carbocycles. The number of rotatable bonds is 4. The third kappa shape index (κ3) is 4.45. The second kappa shape index (κ2) is 7.95. The van der Waals surface area contributed by atoms with Crippen molar-refractivity contribution >= 4 is 35.2 Å². The van der Waals surface area contributed by atoms with Crippen molar-refractivity contribution < 1.29 is 9.59 Å². The van der Waals surface area contributed by atoms with Gasteiger partial charge in [0.05, 0.1) is 0 Å². The molecule has 0 aliphatic rings. The van der Waals surface area contributed by atoms with Crippen LogP contribution in [-0.4, -0.2) is 18.9 Å². The highest BCUT2D eigenvalue weighted by Gasteiger charge is 2.08. The second-order valence-electron chi connectivity index (χ2n) is 4.84. The summed E-state index contributed by atoms with van der Waals surface area (Å²) in [5, 5.41) is 14.7. The molecule has 2 aromatic rings. The number of nitriles is 1. The van der Waals surface area contributed by atoms with Gasteiger partial charge in [0.15, 0.2) is 0 Å². The van der Waals surface area contributed by atoms with Crippen molar-refractivity contribution in [3.05, 3.63) is 70.3 Å². The van der Waals surface area contributed by atoms with Crippen molar-refractivity contribution in [2.24, 2.45) is 0 Å². The molecule has 24 heavy (non-hydrogen) atoms. The second-order valence-corrected chi connectivity index (χ2v) is 5.27. The van der Waals surface area contributed by atoms with E-state index in [1.54, 1.807) is 48.5 Å². The maximum atomic E-state index is 12.2. The maximum absolute atomic E-state index is 12.2. The highest BCUT2D eigenvalue weighted by Crippen LogP contribution is 2.16. The van der Waals surface area contributed by atoms with Gasteiger partial charge >= 0.3 is 0 Å². The third-order valence-corrected chi connectivity index (χ3v) is 3.41. The van der Waals surface area contributed by atoms with Gasteiger partial charge in [-0.05, 0) is 48.0 Å². The average molecular weight is 340 g/mol. The summed E-state index contributed by atoms with van der Waals surface area (Å²) in [7, 11) is 1.45. The number of hydrogen-bond donors (Lipinski definition) is 2. The predicted octanol–water partition coefficient (Wildman–Crippen LogP) is 3.25. The lowest BCUT2D eigenvalue weighted by Gasteiger charge is -2.06. The molecule has 2 N–H and O–H groups in total. The van der Waals surface area contributed by atoms with Crippen molar-refractivity contribution in [2.75, 3.05) is 12.4 Å². The van der Waals surface area contributed by atoms with Crippen LogP contribution in [0, 0.1) is 11.3 Å². The summed E-state index contributed by atoms with van der Waals surface area (Å²) >= 11 is 5.80. The first-order chi connectivity index (χ1) is 11.5. The third-order valence-electron chi connectivity index (χ3n) is 3.15. The molecular weight excluding hydrogens is 326 g/mol. The van der Waals surface area contributed by atoms with Crippen LogP contribution >= 0.6 is 11.6 Å². The largest absolute Gasteiger partial charge is 0.354 e. The molecule has 0 bridgehead atoms. The van der Waals surface area contributed by atoms with Gasteiger partial charge in [-0.1, -0.05) is 23.7 Å². The van der Waals surface area contributed by atoms with Gasteiger partial charge < -0.3 is 10.6 Å². The minimum Gasteiger partial charge on any atom is -0.354 e. The molecule has 6 heteroatoms. The standard InChI is InChI=1S/C18H14ClN3O2/c1-21-17(23)14(11-20)9-12-3-2-4-16(10-12)22-18(24)13-5-7-15(19)8-6-13/h2-10H,1H3,(H,21,23)(H,22,24)/b14-9+. The van der Waals surface area contributed by atoms with Gasteiger partial charge in [0.25, 0.3) is 11.8 Å². The van der Waals surface area contributed by atoms with E-state index in [-0.39, 0.29) is 11.5 Å². The summed E-state index contributed by atoms with van der Waals surface area (Å²) in [6, 6.07) is 15.2. The molecule has 0 radical (unpaired) electrons. The normalized spacial score (nSPS) is 10.6. The van der Waals surface area contributed by atoms with Gasteiger partial charge in [-0.15, -0.1) is 0 Å². The molecule has 0 aliphatic carbocycles. The number of nitrogens with one attached hydrogen (secondary N) is 2. The number of carbonyl (C=O) groups excluding carboxylic acids is 2. The first-order valence-corrected chi connectivity index (χ1v) is 7.42. The van der Waals surface area contributed by atoms with E-state index in [9.17, 15) is 9.59 Å². The molecule has 0 heterocycles. The zero-order chi connectivity index (χ0) is 17.5. The smallest absolute Gasteiger partial charge is 0.261 e. The predicted molar refractivity (Wildman–Crippen MR) is 93.5 cm³/mol. The van der Waals surface area contributed by atoms with Gasteiger partial charge in [-0.25, -0.2) is 0 Å². The van der Waals surface area contributed by atoms with E-state index >= 15 is 0 Å². The van der Waals surface area contributed by atoms with E-state index in [4.69, 9.17) is 16.9 Å². The molecule has 120 valence electrons. The Labute approximate surface area is 144 Å². The minimum absolute atomic E-state index is 0.0151. The van der Waals surface area contributed by atoms with Crippen molar-refractivity contribution in [1.82, 2.24) is 5.32 Å². The van der Waals surface area contributed by atoms with E-state index in [2.05, 4.69) is 10.6 Å². The Morgan fingerprint density at radius 2 is 1.88 bits per heavy atom. The fraction of sp³-hybridized carbons (Fsp3) is 0.0556. The Bertz CT molecular complexity index is 836. The molecule has 0 saturated carbocycles. The summed E-state index contributed by atoms with van der Waals surface area (Å²) < 4.78 is 0. The van der Waals surface area contributed by atoms with Gasteiger partial charge in [-0.2, -0.15) is 5.26 Å². The van der Waals surface area contributed by atoms with Crippen molar-refractivity contribution in [3.8, 4) is 6.07 Å². The lowest BCUT2D eigenvalue weighted by Crippen LogP contribution is -2.19. The molecule has 0 saturated heterocycles. The Hall–Kier alpha value is -3.10. The van der Waals surface area contributed by atoms with E-state index in [1.165, 1.54) is 13.1 Å². The summed E-state index contributed by atoms with van der Waals surface area (Å²) in [6.07, 6.45) is 1.46. The quantitative estimate of drug-likeness (QED) is 0.662. The van der Waals surface area contributed by atoms with E-state index in [0.29, 0.717) is 21.8 Å². The number of likely N-dealkylation sites (N-methyl/N-ethyl adjacent to an activating group) is 1. The number of amides is 2. The van der Waals surface area contributed by atoms with Crippen molar-refractivity contribution in [1.29, 1.82) is 5.26 Å². The Balaban J connectivity index is 2.20. The molecule has 0 aromatic heterocycles. The van der Waals surface area contributed by atoms with Gasteiger partial charge in [0.2, 0.25) is 0 Å². The molecule has 0 aliphatic heterocycles. The zero-order valence-electron chi connectivity index (χ0n) is 12.8. The molecule has 5 nitrogen and oxygen atoms in total. The molecule has 0 unspecified atom stereocenters. The van der Waals surface area contributed by atoms with Crippen LogP contribution in [0.1, 0.15) is 15.9 Å². The highest BCUT2D eigenvalue weighted by atomic mass is 35.5. The van der Waals surface area contributed by atoms with Crippen LogP contribution < -0.4 is 10.6 Å². The molecule has 0 atom stereocenters. The van der Waals surface area contributed by atoms with Crippen LogP contribution in [-0.2, 0) is 4.79 Å². The topological polar surface area (TPSA) is 82.0 Å². The van der Waals surface area contributed by atoms with Gasteiger partial charge in [0, 0.05) is 23.3 Å². The summed E-state index contributed by atoms with van der Waals surface area (Å²) in [4.78, 5) is 23.7. The van der Waals surface area contributed by atoms with Crippen LogP contribution in [0.3, 0.4) is 0 Å². The van der Waals surface area contributed by atoms with Crippen LogP contribution in [0.15, 0.2) is 54.1 Å². The first-order valence-electron chi connectivity index (χ1n) is 7.04. The van der Waals surface area contributed by atoms with Gasteiger partial charge in [0.1, 0.15) is 11.6 Å². The van der Waals surface area contributed by atoms with E-state index in [0.717, 1.165) is 0 Å². The average Bonchev–Trinajstić information content (AvgIpc) is 2.59. The van der Waals surface area contributed by atoms with E-state index < -0.39 is 5.91 Å². The highest BCUT2D eigenvalue weighted by molar-refractivity contribution is 6.30. The number of carbonyl (C=O) groups is 2. The van der Waals surface area contributed by atoms with Crippen LogP contribution in [0.5, 0.6) is 0 Å². The molecule has 2 amide bonds. The summed E-state index contributed by atoms with van der Waals surface area (Å²) in [5.74, 6) is -0.743. The fourth-order valence-electron chi connectivity index (χ4n) is 1.96. The maximum Gasteiger partial charge on any atom is 0.261 e. The number of nitrogens with zero attached hydrogens (tertiary/aromatic N) is 1. The van der Waals surface area contributed by atoms with E-state index in [1.807, 2.05) is 6.07 Å². The monoisotopic (exact) mass is 339 g/mol. The minimum atomic E-state index is -0.465. The lowest BCUT2D eigenvalue weighted by atomic mass is 10.1. The SMILES string of the molecule is CNC(=O)/C(C#N)=C/c1cccc(NC(=O)c2ccc(Cl)cc2)c1. The Morgan fingerprint density at radius 1 is 1.17 bits per heavy atom. The molecule has 2 rings (SSSR count).